The van der Waals surface area contributed by atoms with Crippen molar-refractivity contribution < 1.29 is 14.3 Å². The predicted molar refractivity (Wildman–Crippen MR) is 77.5 cm³/mol. The van der Waals surface area contributed by atoms with Crippen molar-refractivity contribution >= 4 is 11.9 Å². The van der Waals surface area contributed by atoms with Gasteiger partial charge in [0.15, 0.2) is 0 Å². The molecule has 116 valence electrons. The number of ether oxygens (including phenoxy) is 1. The molecule has 6 heteroatoms. The van der Waals surface area contributed by atoms with Crippen LogP contribution in [0, 0.1) is 5.92 Å². The summed E-state index contributed by atoms with van der Waals surface area (Å²) in [7, 11) is 0. The molecular weight excluding hydrogens is 258 g/mol. The van der Waals surface area contributed by atoms with Crippen LogP contribution in [-0.2, 0) is 9.53 Å². The molecule has 1 aliphatic heterocycles. The molecule has 6 nitrogen and oxygen atoms in total. The van der Waals surface area contributed by atoms with Gasteiger partial charge in [0.2, 0.25) is 5.91 Å². The Morgan fingerprint density at radius 1 is 1.20 bits per heavy atom. The van der Waals surface area contributed by atoms with Gasteiger partial charge >= 0.3 is 6.03 Å². The Hall–Kier alpha value is -1.30. The van der Waals surface area contributed by atoms with Crippen molar-refractivity contribution in [1.82, 2.24) is 15.1 Å². The van der Waals surface area contributed by atoms with Crippen LogP contribution >= 0.6 is 0 Å². The molecule has 0 radical (unpaired) electrons. The number of amides is 3. The van der Waals surface area contributed by atoms with Gasteiger partial charge in [0.05, 0.1) is 13.2 Å². The van der Waals surface area contributed by atoms with Crippen molar-refractivity contribution in [1.29, 1.82) is 0 Å². The largest absolute Gasteiger partial charge is 0.378 e. The second-order valence-corrected chi connectivity index (χ2v) is 5.28. The molecule has 3 amide bonds. The van der Waals surface area contributed by atoms with Gasteiger partial charge in [-0.15, -0.1) is 0 Å². The van der Waals surface area contributed by atoms with Gasteiger partial charge in [-0.05, 0) is 19.8 Å². The lowest BCUT2D eigenvalue weighted by molar-refractivity contribution is -0.138. The minimum atomic E-state index is -0.471. The van der Waals surface area contributed by atoms with E-state index >= 15 is 0 Å². The third-order valence-corrected chi connectivity index (χ3v) is 3.59. The number of nitrogens with one attached hydrogen (secondary N) is 1. The number of carbonyl (C=O) groups excluding carboxylic acids is 2. The minimum Gasteiger partial charge on any atom is -0.378 e. The molecule has 0 aromatic rings. The highest BCUT2D eigenvalue weighted by atomic mass is 16.5. The standard InChI is InChI=1S/C14H27N3O3/c1-5-16(6-2)14(19)15-12(11(3)4)13(18)17-7-9-20-10-8-17/h11-12H,5-10H2,1-4H3,(H,15,19)/t12-/m1/s1. The van der Waals surface area contributed by atoms with Crippen LogP contribution in [0.15, 0.2) is 0 Å². The molecule has 0 aliphatic carbocycles. The van der Waals surface area contributed by atoms with E-state index in [9.17, 15) is 9.59 Å². The van der Waals surface area contributed by atoms with Crippen LogP contribution in [0.3, 0.4) is 0 Å². The summed E-state index contributed by atoms with van der Waals surface area (Å²) in [6.45, 7) is 11.4. The smallest absolute Gasteiger partial charge is 0.318 e. The molecule has 0 unspecified atom stereocenters. The van der Waals surface area contributed by atoms with E-state index in [-0.39, 0.29) is 17.9 Å². The topological polar surface area (TPSA) is 61.9 Å². The maximum absolute atomic E-state index is 12.5. The van der Waals surface area contributed by atoms with Gasteiger partial charge in [-0.2, -0.15) is 0 Å². The summed E-state index contributed by atoms with van der Waals surface area (Å²) in [6.07, 6.45) is 0. The molecule has 1 N–H and O–H groups in total. The highest BCUT2D eigenvalue weighted by Crippen LogP contribution is 2.09. The van der Waals surface area contributed by atoms with Gasteiger partial charge in [-0.1, -0.05) is 13.8 Å². The number of nitrogens with zero attached hydrogens (tertiary/aromatic N) is 2. The molecule has 1 saturated heterocycles. The lowest BCUT2D eigenvalue weighted by Gasteiger charge is -2.33. The fourth-order valence-corrected chi connectivity index (χ4v) is 2.23. The molecule has 0 spiro atoms. The van der Waals surface area contributed by atoms with Crippen LogP contribution in [0.25, 0.3) is 0 Å². The van der Waals surface area contributed by atoms with Crippen LogP contribution in [0.1, 0.15) is 27.7 Å². The van der Waals surface area contributed by atoms with Gasteiger partial charge in [0.1, 0.15) is 6.04 Å². The first-order valence-electron chi connectivity index (χ1n) is 7.43. The summed E-state index contributed by atoms with van der Waals surface area (Å²) in [5, 5.41) is 2.87. The molecule has 0 aromatic carbocycles. The van der Waals surface area contributed by atoms with Crippen molar-refractivity contribution in [2.75, 3.05) is 39.4 Å². The molecule has 0 saturated carbocycles. The van der Waals surface area contributed by atoms with Crippen molar-refractivity contribution in [2.24, 2.45) is 5.92 Å². The zero-order valence-corrected chi connectivity index (χ0v) is 13.0. The van der Waals surface area contributed by atoms with Crippen molar-refractivity contribution in [2.45, 2.75) is 33.7 Å². The molecule has 0 aromatic heterocycles. The second-order valence-electron chi connectivity index (χ2n) is 5.28. The molecule has 1 fully saturated rings. The zero-order valence-electron chi connectivity index (χ0n) is 13.0. The maximum Gasteiger partial charge on any atom is 0.318 e. The quantitative estimate of drug-likeness (QED) is 0.817. The first kappa shape index (κ1) is 16.8. The lowest BCUT2D eigenvalue weighted by Crippen LogP contribution is -2.56. The number of rotatable bonds is 5. The van der Waals surface area contributed by atoms with Crippen LogP contribution in [-0.4, -0.2) is 67.2 Å². The first-order valence-corrected chi connectivity index (χ1v) is 7.43. The Balaban J connectivity index is 2.68. The summed E-state index contributed by atoms with van der Waals surface area (Å²) in [4.78, 5) is 28.1. The van der Waals surface area contributed by atoms with E-state index in [0.29, 0.717) is 39.4 Å². The van der Waals surface area contributed by atoms with E-state index in [2.05, 4.69) is 5.32 Å². The second kappa shape index (κ2) is 8.09. The summed E-state index contributed by atoms with van der Waals surface area (Å²) in [5.74, 6) is 0.0497. The number of morpholine rings is 1. The number of hydrogen-bond acceptors (Lipinski definition) is 3. The Morgan fingerprint density at radius 3 is 2.20 bits per heavy atom. The Labute approximate surface area is 121 Å². The summed E-state index contributed by atoms with van der Waals surface area (Å²) in [5.41, 5.74) is 0. The average molecular weight is 285 g/mol. The summed E-state index contributed by atoms with van der Waals surface area (Å²) < 4.78 is 5.25. The van der Waals surface area contributed by atoms with Crippen LogP contribution in [0.5, 0.6) is 0 Å². The van der Waals surface area contributed by atoms with Crippen molar-refractivity contribution in [3.05, 3.63) is 0 Å². The predicted octanol–water partition coefficient (Wildman–Crippen LogP) is 0.921. The average Bonchev–Trinajstić information content (AvgIpc) is 2.46. The SMILES string of the molecule is CCN(CC)C(=O)N[C@@H](C(=O)N1CCOCC1)C(C)C. The molecule has 0 bridgehead atoms. The van der Waals surface area contributed by atoms with Crippen molar-refractivity contribution in [3.63, 3.8) is 0 Å². The van der Waals surface area contributed by atoms with Gasteiger partial charge in [0.25, 0.3) is 0 Å². The highest BCUT2D eigenvalue weighted by Gasteiger charge is 2.30. The van der Waals surface area contributed by atoms with E-state index in [4.69, 9.17) is 4.74 Å². The summed E-state index contributed by atoms with van der Waals surface area (Å²) >= 11 is 0. The maximum atomic E-state index is 12.5. The minimum absolute atomic E-state index is 0.0104. The molecule has 20 heavy (non-hydrogen) atoms. The zero-order chi connectivity index (χ0) is 15.1. The van der Waals surface area contributed by atoms with Gasteiger partial charge in [-0.3, -0.25) is 4.79 Å². The van der Waals surface area contributed by atoms with E-state index in [0.717, 1.165) is 0 Å². The van der Waals surface area contributed by atoms with E-state index < -0.39 is 6.04 Å². The molecular formula is C14H27N3O3. The number of urea groups is 1. The normalized spacial score (nSPS) is 16.9. The van der Waals surface area contributed by atoms with Gasteiger partial charge in [0, 0.05) is 26.2 Å². The van der Waals surface area contributed by atoms with Crippen LogP contribution in [0.4, 0.5) is 4.79 Å². The monoisotopic (exact) mass is 285 g/mol. The summed E-state index contributed by atoms with van der Waals surface area (Å²) in [6, 6.07) is -0.642. The highest BCUT2D eigenvalue weighted by molar-refractivity contribution is 5.87. The third kappa shape index (κ3) is 4.37. The van der Waals surface area contributed by atoms with Crippen LogP contribution < -0.4 is 5.32 Å². The van der Waals surface area contributed by atoms with Crippen molar-refractivity contribution in [3.8, 4) is 0 Å². The van der Waals surface area contributed by atoms with Gasteiger partial charge in [-0.25, -0.2) is 4.79 Å². The fraction of sp³-hybridized carbons (Fsp3) is 0.857. The third-order valence-electron chi connectivity index (χ3n) is 3.59. The Bertz CT molecular complexity index is 324. The number of hydrogen-bond donors (Lipinski definition) is 1. The Kier molecular flexibility index (Phi) is 6.78. The molecule has 1 atom stereocenters. The van der Waals surface area contributed by atoms with E-state index in [1.165, 1.54) is 0 Å². The van der Waals surface area contributed by atoms with Crippen LogP contribution in [0.2, 0.25) is 0 Å². The van der Waals surface area contributed by atoms with Gasteiger partial charge < -0.3 is 19.9 Å². The molecule has 1 aliphatic rings. The van der Waals surface area contributed by atoms with E-state index in [1.54, 1.807) is 9.80 Å². The molecule has 1 heterocycles. The first-order chi connectivity index (χ1) is 9.51. The van der Waals surface area contributed by atoms with E-state index in [1.807, 2.05) is 27.7 Å². The Morgan fingerprint density at radius 2 is 1.75 bits per heavy atom. The lowest BCUT2D eigenvalue weighted by atomic mass is 10.0. The molecule has 1 rings (SSSR count). The fourth-order valence-electron chi connectivity index (χ4n) is 2.23. The number of carbonyl (C=O) groups is 2.